The van der Waals surface area contributed by atoms with Crippen LogP contribution in [-0.4, -0.2) is 35.4 Å². The first-order valence-electron chi connectivity index (χ1n) is 8.38. The van der Waals surface area contributed by atoms with Crippen LogP contribution in [0.25, 0.3) is 0 Å². The number of carbonyl (C=O) groups excluding carboxylic acids is 2. The Morgan fingerprint density at radius 1 is 1.35 bits per heavy atom. The van der Waals surface area contributed by atoms with E-state index in [4.69, 9.17) is 0 Å². The summed E-state index contributed by atoms with van der Waals surface area (Å²) in [6.45, 7) is 2.87. The summed E-state index contributed by atoms with van der Waals surface area (Å²) in [5, 5.41) is 6.13. The Morgan fingerprint density at radius 2 is 2.13 bits per heavy atom. The van der Waals surface area contributed by atoms with Crippen LogP contribution in [0, 0.1) is 0 Å². The van der Waals surface area contributed by atoms with Gasteiger partial charge in [-0.05, 0) is 37.7 Å². The lowest BCUT2D eigenvalue weighted by Crippen LogP contribution is -2.46. The van der Waals surface area contributed by atoms with Crippen molar-refractivity contribution in [2.75, 3.05) is 12.3 Å². The number of benzene rings is 1. The quantitative estimate of drug-likeness (QED) is 0.805. The first kappa shape index (κ1) is 17.9. The number of amides is 2. The molecule has 0 bridgehead atoms. The van der Waals surface area contributed by atoms with E-state index in [9.17, 15) is 9.59 Å². The lowest BCUT2D eigenvalue weighted by Gasteiger charge is -2.16. The zero-order valence-electron chi connectivity index (χ0n) is 13.7. The molecular formula is C18H26N2O2S. The maximum absolute atomic E-state index is 12.0. The smallest absolute Gasteiger partial charge is 0.242 e. The Morgan fingerprint density at radius 3 is 2.91 bits per heavy atom. The second-order valence-corrected chi connectivity index (χ2v) is 7.48. The van der Waals surface area contributed by atoms with E-state index in [1.54, 1.807) is 11.8 Å². The summed E-state index contributed by atoms with van der Waals surface area (Å²) < 4.78 is 0. The van der Waals surface area contributed by atoms with Crippen LogP contribution in [0.5, 0.6) is 0 Å². The maximum atomic E-state index is 12.0. The largest absolute Gasteiger partial charge is 0.354 e. The SMILES string of the molecule is CC(CCc1ccccc1)SCC(=O)NC1CCCCNC1=O. The van der Waals surface area contributed by atoms with Crippen molar-refractivity contribution in [2.45, 2.75) is 50.3 Å². The molecule has 23 heavy (non-hydrogen) atoms. The molecule has 4 nitrogen and oxygen atoms in total. The van der Waals surface area contributed by atoms with E-state index in [0.717, 1.165) is 38.6 Å². The Hall–Kier alpha value is -1.49. The molecule has 2 N–H and O–H groups in total. The predicted octanol–water partition coefficient (Wildman–Crippen LogP) is 2.53. The highest BCUT2D eigenvalue weighted by Crippen LogP contribution is 2.17. The van der Waals surface area contributed by atoms with Crippen LogP contribution in [0.3, 0.4) is 0 Å². The van der Waals surface area contributed by atoms with Crippen LogP contribution in [0.1, 0.15) is 38.2 Å². The minimum absolute atomic E-state index is 0.0383. The fourth-order valence-electron chi connectivity index (χ4n) is 2.63. The van der Waals surface area contributed by atoms with Gasteiger partial charge in [0.2, 0.25) is 11.8 Å². The van der Waals surface area contributed by atoms with Gasteiger partial charge in [-0.3, -0.25) is 9.59 Å². The number of aryl methyl sites for hydroxylation is 1. The molecule has 5 heteroatoms. The lowest BCUT2D eigenvalue weighted by molar-refractivity contribution is -0.127. The Balaban J connectivity index is 1.66. The van der Waals surface area contributed by atoms with Gasteiger partial charge in [0.15, 0.2) is 0 Å². The average Bonchev–Trinajstić information content (AvgIpc) is 2.77. The summed E-state index contributed by atoms with van der Waals surface area (Å²) in [5.41, 5.74) is 1.33. The molecule has 0 spiro atoms. The second-order valence-electron chi connectivity index (χ2n) is 6.05. The molecular weight excluding hydrogens is 308 g/mol. The summed E-state index contributed by atoms with van der Waals surface area (Å²) in [4.78, 5) is 23.9. The Kier molecular flexibility index (Phi) is 7.46. The monoisotopic (exact) mass is 334 g/mol. The van der Waals surface area contributed by atoms with Crippen molar-refractivity contribution >= 4 is 23.6 Å². The zero-order valence-corrected chi connectivity index (χ0v) is 14.5. The van der Waals surface area contributed by atoms with Gasteiger partial charge in [-0.1, -0.05) is 37.3 Å². The van der Waals surface area contributed by atoms with E-state index in [2.05, 4.69) is 41.8 Å². The van der Waals surface area contributed by atoms with Gasteiger partial charge in [0.25, 0.3) is 0 Å². The van der Waals surface area contributed by atoms with Crippen LogP contribution in [0.15, 0.2) is 30.3 Å². The van der Waals surface area contributed by atoms with Gasteiger partial charge in [0.05, 0.1) is 5.75 Å². The highest BCUT2D eigenvalue weighted by molar-refractivity contribution is 8.00. The Bertz CT molecular complexity index is 507. The number of hydrogen-bond donors (Lipinski definition) is 2. The summed E-state index contributed by atoms with van der Waals surface area (Å²) >= 11 is 1.66. The lowest BCUT2D eigenvalue weighted by atomic mass is 10.1. The molecule has 0 saturated carbocycles. The van der Waals surface area contributed by atoms with Crippen molar-refractivity contribution < 1.29 is 9.59 Å². The molecule has 1 aliphatic heterocycles. The van der Waals surface area contributed by atoms with Crippen LogP contribution < -0.4 is 10.6 Å². The van der Waals surface area contributed by atoms with Crippen LogP contribution >= 0.6 is 11.8 Å². The molecule has 0 aliphatic carbocycles. The maximum Gasteiger partial charge on any atom is 0.242 e. The number of carbonyl (C=O) groups is 2. The second kappa shape index (κ2) is 9.60. The minimum Gasteiger partial charge on any atom is -0.354 e. The number of thioether (sulfide) groups is 1. The van der Waals surface area contributed by atoms with E-state index in [0.29, 0.717) is 11.0 Å². The third-order valence-electron chi connectivity index (χ3n) is 4.05. The van der Waals surface area contributed by atoms with E-state index in [-0.39, 0.29) is 17.9 Å². The molecule has 126 valence electrons. The van der Waals surface area contributed by atoms with Gasteiger partial charge < -0.3 is 10.6 Å². The highest BCUT2D eigenvalue weighted by Gasteiger charge is 2.22. The summed E-state index contributed by atoms with van der Waals surface area (Å²) in [7, 11) is 0. The summed E-state index contributed by atoms with van der Waals surface area (Å²) in [5.74, 6) is 0.335. The van der Waals surface area contributed by atoms with Crippen molar-refractivity contribution in [3.63, 3.8) is 0 Å². The predicted molar refractivity (Wildman–Crippen MR) is 95.5 cm³/mol. The summed E-state index contributed by atoms with van der Waals surface area (Å²) in [6.07, 6.45) is 4.78. The minimum atomic E-state index is -0.356. The first-order valence-corrected chi connectivity index (χ1v) is 9.42. The first-order chi connectivity index (χ1) is 11.1. The molecule has 1 aliphatic rings. The van der Waals surface area contributed by atoms with Crippen molar-refractivity contribution in [3.8, 4) is 0 Å². The molecule has 2 rings (SSSR count). The average molecular weight is 334 g/mol. The number of nitrogens with one attached hydrogen (secondary N) is 2. The van der Waals surface area contributed by atoms with E-state index < -0.39 is 0 Å². The van der Waals surface area contributed by atoms with Crippen LogP contribution in [0.4, 0.5) is 0 Å². The van der Waals surface area contributed by atoms with Gasteiger partial charge in [-0.2, -0.15) is 0 Å². The third-order valence-corrected chi connectivity index (χ3v) is 5.29. The van der Waals surface area contributed by atoms with Gasteiger partial charge in [0, 0.05) is 11.8 Å². The fourth-order valence-corrected chi connectivity index (χ4v) is 3.43. The molecule has 2 amide bonds. The molecule has 1 saturated heterocycles. The van der Waals surface area contributed by atoms with Gasteiger partial charge >= 0.3 is 0 Å². The molecule has 0 aromatic heterocycles. The molecule has 1 heterocycles. The molecule has 2 atom stereocenters. The third kappa shape index (κ3) is 6.65. The molecule has 2 unspecified atom stereocenters. The number of rotatable bonds is 7. The highest BCUT2D eigenvalue weighted by atomic mass is 32.2. The van der Waals surface area contributed by atoms with Crippen molar-refractivity contribution in [2.24, 2.45) is 0 Å². The van der Waals surface area contributed by atoms with Crippen molar-refractivity contribution in [1.29, 1.82) is 0 Å². The Labute approximate surface area is 142 Å². The topological polar surface area (TPSA) is 58.2 Å². The standard InChI is InChI=1S/C18H26N2O2S/c1-14(10-11-15-7-3-2-4-8-15)23-13-17(21)20-16-9-5-6-12-19-18(16)22/h2-4,7-8,14,16H,5-6,9-13H2,1H3,(H,19,22)(H,20,21). The normalized spacial score (nSPS) is 19.5. The van der Waals surface area contributed by atoms with E-state index in [1.807, 2.05) is 6.07 Å². The number of hydrogen-bond acceptors (Lipinski definition) is 3. The fraction of sp³-hybridized carbons (Fsp3) is 0.556. The summed E-state index contributed by atoms with van der Waals surface area (Å²) in [6, 6.07) is 10.0. The van der Waals surface area contributed by atoms with Crippen LogP contribution in [0.2, 0.25) is 0 Å². The molecule has 1 fully saturated rings. The van der Waals surface area contributed by atoms with E-state index in [1.165, 1.54) is 5.56 Å². The van der Waals surface area contributed by atoms with Crippen molar-refractivity contribution in [3.05, 3.63) is 35.9 Å². The molecule has 1 aromatic carbocycles. The van der Waals surface area contributed by atoms with Gasteiger partial charge in [-0.25, -0.2) is 0 Å². The van der Waals surface area contributed by atoms with Crippen molar-refractivity contribution in [1.82, 2.24) is 10.6 Å². The molecule has 1 aromatic rings. The molecule has 0 radical (unpaired) electrons. The van der Waals surface area contributed by atoms with Gasteiger partial charge in [0.1, 0.15) is 6.04 Å². The van der Waals surface area contributed by atoms with E-state index >= 15 is 0 Å². The van der Waals surface area contributed by atoms with Crippen LogP contribution in [-0.2, 0) is 16.0 Å². The zero-order chi connectivity index (χ0) is 16.5. The van der Waals surface area contributed by atoms with Gasteiger partial charge in [-0.15, -0.1) is 11.8 Å².